The van der Waals surface area contributed by atoms with Gasteiger partial charge in [-0.05, 0) is 68.6 Å². The number of aromatic nitrogens is 2. The number of nitrogens with one attached hydrogen (secondary N) is 1. The number of anilines is 1. The Balaban J connectivity index is 1.50. The number of rotatable bonds is 3. The first-order chi connectivity index (χ1) is 16.3. The van der Waals surface area contributed by atoms with E-state index in [0.717, 1.165) is 35.8 Å². The maximum absolute atomic E-state index is 15.3. The Bertz CT molecular complexity index is 1330. The molecule has 0 spiro atoms. The highest BCUT2D eigenvalue weighted by Crippen LogP contribution is 2.32. The van der Waals surface area contributed by atoms with Crippen LogP contribution in [0.4, 0.5) is 14.9 Å². The molecule has 0 aliphatic carbocycles. The quantitative estimate of drug-likeness (QED) is 0.564. The predicted molar refractivity (Wildman–Crippen MR) is 133 cm³/mol. The Kier molecular flexibility index (Phi) is 5.83. The predicted octanol–water partition coefficient (Wildman–Crippen LogP) is 4.29. The lowest BCUT2D eigenvalue weighted by Gasteiger charge is -2.43. The monoisotopic (exact) mass is 477 g/mol. The average molecular weight is 478 g/mol. The first-order valence-electron chi connectivity index (χ1n) is 11.1. The van der Waals surface area contributed by atoms with Crippen molar-refractivity contribution in [1.82, 2.24) is 20.2 Å². The van der Waals surface area contributed by atoms with Crippen LogP contribution in [-0.2, 0) is 4.79 Å². The number of thioether (sulfide) groups is 1. The van der Waals surface area contributed by atoms with Crippen LogP contribution in [0.15, 0.2) is 47.6 Å². The summed E-state index contributed by atoms with van der Waals surface area (Å²) in [6, 6.07) is 11.4. The first kappa shape index (κ1) is 22.5. The number of hydrogen-bond donors (Lipinski definition) is 1. The molecule has 2 aliphatic rings. The van der Waals surface area contributed by atoms with Gasteiger partial charge >= 0.3 is 0 Å². The third kappa shape index (κ3) is 4.17. The fourth-order valence-corrected chi connectivity index (χ4v) is 5.16. The van der Waals surface area contributed by atoms with Crippen molar-refractivity contribution < 1.29 is 14.0 Å². The summed E-state index contributed by atoms with van der Waals surface area (Å²) < 4.78 is 15.3. The second-order valence-electron chi connectivity index (χ2n) is 8.79. The van der Waals surface area contributed by atoms with E-state index in [-0.39, 0.29) is 11.1 Å². The number of nitrogens with zero attached hydrogens (tertiary/aromatic N) is 4. The third-order valence-corrected chi connectivity index (χ3v) is 7.33. The molecule has 2 fully saturated rings. The number of hydrogen-bond acceptors (Lipinski definition) is 7. The van der Waals surface area contributed by atoms with Gasteiger partial charge in [0.1, 0.15) is 12.1 Å². The standard InChI is InChI=1S/C25H24FN5O2S/c1-14-11-31(12-15(2)30(14)3)21-7-5-17(10-19(21)26)23-18-8-16(4-6-20(18)27-13-28-23)9-22-24(32)29-25(33)34-22/h4-10,13-15H,11-12H2,1-3H3,(H,29,32,33)/t14-,15+. The zero-order valence-corrected chi connectivity index (χ0v) is 19.9. The van der Waals surface area contributed by atoms with E-state index in [1.54, 1.807) is 6.08 Å². The Morgan fingerprint density at radius 3 is 2.53 bits per heavy atom. The number of fused-ring (bicyclic) bond motifs is 1. The largest absolute Gasteiger partial charge is 0.366 e. The normalized spacial score (nSPS) is 22.6. The van der Waals surface area contributed by atoms with E-state index in [9.17, 15) is 9.59 Å². The van der Waals surface area contributed by atoms with Crippen LogP contribution in [0, 0.1) is 5.82 Å². The van der Waals surface area contributed by atoms with Gasteiger partial charge in [-0.2, -0.15) is 0 Å². The summed E-state index contributed by atoms with van der Waals surface area (Å²) in [5.41, 5.74) is 3.28. The highest BCUT2D eigenvalue weighted by Gasteiger charge is 2.28. The number of imide groups is 1. The molecular weight excluding hydrogens is 453 g/mol. The summed E-state index contributed by atoms with van der Waals surface area (Å²) in [6.45, 7) is 5.83. The lowest BCUT2D eigenvalue weighted by molar-refractivity contribution is -0.115. The molecule has 9 heteroatoms. The number of carbonyl (C=O) groups is 2. The van der Waals surface area contributed by atoms with Crippen molar-refractivity contribution in [3.63, 3.8) is 0 Å². The minimum Gasteiger partial charge on any atom is -0.366 e. The van der Waals surface area contributed by atoms with Crippen molar-refractivity contribution in [3.05, 3.63) is 59.0 Å². The molecule has 1 N–H and O–H groups in total. The fraction of sp³-hybridized carbons (Fsp3) is 0.280. The van der Waals surface area contributed by atoms with Crippen LogP contribution in [0.25, 0.3) is 28.2 Å². The number of halogens is 1. The van der Waals surface area contributed by atoms with Crippen LogP contribution in [0.3, 0.4) is 0 Å². The summed E-state index contributed by atoms with van der Waals surface area (Å²) >= 11 is 0.865. The molecule has 0 saturated carbocycles. The van der Waals surface area contributed by atoms with Gasteiger partial charge in [0.25, 0.3) is 11.1 Å². The van der Waals surface area contributed by atoms with Gasteiger partial charge in [-0.1, -0.05) is 12.1 Å². The van der Waals surface area contributed by atoms with Gasteiger partial charge in [0, 0.05) is 36.1 Å². The number of likely N-dealkylation sites (N-methyl/N-ethyl adjacent to an activating group) is 1. The van der Waals surface area contributed by atoms with Crippen molar-refractivity contribution >= 4 is 45.6 Å². The van der Waals surface area contributed by atoms with Gasteiger partial charge in [0.05, 0.1) is 21.8 Å². The Hall–Kier alpha value is -3.30. The van der Waals surface area contributed by atoms with E-state index >= 15 is 4.39 Å². The second-order valence-corrected chi connectivity index (χ2v) is 9.80. The van der Waals surface area contributed by atoms with E-state index in [2.05, 4.69) is 46.0 Å². The molecule has 0 bridgehead atoms. The van der Waals surface area contributed by atoms with E-state index in [0.29, 0.717) is 39.5 Å². The van der Waals surface area contributed by atoms with Gasteiger partial charge in [0.15, 0.2) is 0 Å². The molecule has 3 aromatic rings. The van der Waals surface area contributed by atoms with Crippen LogP contribution in [0.2, 0.25) is 0 Å². The third-order valence-electron chi connectivity index (χ3n) is 6.52. The first-order valence-corrected chi connectivity index (χ1v) is 11.9. The number of carbonyl (C=O) groups excluding carboxylic acids is 2. The zero-order valence-electron chi connectivity index (χ0n) is 19.1. The molecule has 34 heavy (non-hydrogen) atoms. The van der Waals surface area contributed by atoms with Gasteiger partial charge in [-0.25, -0.2) is 14.4 Å². The number of piperazine rings is 1. The summed E-state index contributed by atoms with van der Waals surface area (Å²) in [4.78, 5) is 36.9. The summed E-state index contributed by atoms with van der Waals surface area (Å²) in [5, 5.41) is 2.60. The van der Waals surface area contributed by atoms with Gasteiger partial charge in [-0.15, -0.1) is 0 Å². The number of benzene rings is 2. The average Bonchev–Trinajstić information content (AvgIpc) is 3.13. The summed E-state index contributed by atoms with van der Waals surface area (Å²) in [5.74, 6) is -0.700. The lowest BCUT2D eigenvalue weighted by atomic mass is 10.0. The molecule has 0 radical (unpaired) electrons. The molecule has 2 aromatic carbocycles. The lowest BCUT2D eigenvalue weighted by Crippen LogP contribution is -2.55. The van der Waals surface area contributed by atoms with Crippen molar-refractivity contribution in [2.24, 2.45) is 0 Å². The molecule has 5 rings (SSSR count). The molecule has 2 amide bonds. The number of amides is 2. The maximum atomic E-state index is 15.3. The van der Waals surface area contributed by atoms with Gasteiger partial charge in [0.2, 0.25) is 0 Å². The molecule has 3 heterocycles. The van der Waals surface area contributed by atoms with Crippen molar-refractivity contribution in [2.75, 3.05) is 25.0 Å². The van der Waals surface area contributed by atoms with Crippen LogP contribution in [-0.4, -0.2) is 58.2 Å². The summed E-state index contributed by atoms with van der Waals surface area (Å²) in [7, 11) is 2.10. The van der Waals surface area contributed by atoms with Crippen LogP contribution < -0.4 is 10.2 Å². The van der Waals surface area contributed by atoms with Crippen molar-refractivity contribution in [2.45, 2.75) is 25.9 Å². The van der Waals surface area contributed by atoms with E-state index in [1.165, 1.54) is 12.4 Å². The Morgan fingerprint density at radius 2 is 1.85 bits per heavy atom. The summed E-state index contributed by atoms with van der Waals surface area (Å²) in [6.07, 6.45) is 3.12. The molecule has 174 valence electrons. The molecule has 0 unspecified atom stereocenters. The van der Waals surface area contributed by atoms with Crippen molar-refractivity contribution in [1.29, 1.82) is 0 Å². The molecule has 2 atom stereocenters. The zero-order chi connectivity index (χ0) is 24.0. The van der Waals surface area contributed by atoms with Crippen LogP contribution >= 0.6 is 11.8 Å². The highest BCUT2D eigenvalue weighted by molar-refractivity contribution is 8.18. The minimum atomic E-state index is -0.412. The molecular formula is C25H24FN5O2S. The molecule has 2 saturated heterocycles. The highest BCUT2D eigenvalue weighted by atomic mass is 32.2. The fourth-order valence-electron chi connectivity index (χ4n) is 4.48. The van der Waals surface area contributed by atoms with E-state index < -0.39 is 5.91 Å². The molecule has 7 nitrogen and oxygen atoms in total. The molecule has 1 aromatic heterocycles. The van der Waals surface area contributed by atoms with E-state index in [1.807, 2.05) is 30.3 Å². The van der Waals surface area contributed by atoms with Gasteiger partial charge < -0.3 is 4.90 Å². The van der Waals surface area contributed by atoms with E-state index in [4.69, 9.17) is 0 Å². The second kappa shape index (κ2) is 8.81. The topological polar surface area (TPSA) is 78.4 Å². The van der Waals surface area contributed by atoms with Crippen LogP contribution in [0.5, 0.6) is 0 Å². The Labute approximate surface area is 201 Å². The smallest absolute Gasteiger partial charge is 0.290 e. The van der Waals surface area contributed by atoms with Crippen LogP contribution in [0.1, 0.15) is 19.4 Å². The van der Waals surface area contributed by atoms with Crippen molar-refractivity contribution in [3.8, 4) is 11.3 Å². The maximum Gasteiger partial charge on any atom is 0.290 e. The Morgan fingerprint density at radius 1 is 1.09 bits per heavy atom. The molecule has 2 aliphatic heterocycles. The SMILES string of the molecule is C[C@@H]1CN(c2ccc(-c3ncnc4ccc(C=C5SC(=O)NC5=O)cc34)cc2F)C[C@H](C)N1C. The minimum absolute atomic E-state index is 0.288. The van der Waals surface area contributed by atoms with Gasteiger partial charge in [-0.3, -0.25) is 19.8 Å².